The van der Waals surface area contributed by atoms with E-state index in [1.807, 2.05) is 26.1 Å². The lowest BCUT2D eigenvalue weighted by molar-refractivity contribution is 0.178. The van der Waals surface area contributed by atoms with Crippen molar-refractivity contribution in [1.29, 1.82) is 0 Å². The van der Waals surface area contributed by atoms with E-state index in [4.69, 9.17) is 0 Å². The first kappa shape index (κ1) is 15.5. The number of nitrogens with one attached hydrogen (secondary N) is 1. The van der Waals surface area contributed by atoms with E-state index < -0.39 is 9.84 Å². The van der Waals surface area contributed by atoms with E-state index in [1.54, 1.807) is 12.1 Å². The van der Waals surface area contributed by atoms with Gasteiger partial charge in [0.1, 0.15) is 0 Å². The van der Waals surface area contributed by atoms with E-state index in [9.17, 15) is 8.42 Å². The molecule has 2 unspecified atom stereocenters. The quantitative estimate of drug-likeness (QED) is 0.932. The van der Waals surface area contributed by atoms with Crippen LogP contribution in [0.15, 0.2) is 29.2 Å². The van der Waals surface area contributed by atoms with Crippen molar-refractivity contribution in [2.24, 2.45) is 5.41 Å². The normalized spacial score (nSPS) is 26.4. The van der Waals surface area contributed by atoms with Crippen molar-refractivity contribution in [3.63, 3.8) is 0 Å². The smallest absolute Gasteiger partial charge is 0.182 e. The minimum atomic E-state index is -3.28. The highest BCUT2D eigenvalue weighted by atomic mass is 32.2. The van der Waals surface area contributed by atoms with Crippen molar-refractivity contribution in [3.8, 4) is 0 Å². The van der Waals surface area contributed by atoms with E-state index in [1.165, 1.54) is 0 Å². The van der Waals surface area contributed by atoms with Crippen molar-refractivity contribution in [2.45, 2.75) is 56.2 Å². The summed E-state index contributed by atoms with van der Waals surface area (Å²) in [6.45, 7) is 6.25. The number of rotatable bonds is 3. The molecule has 0 radical (unpaired) electrons. The van der Waals surface area contributed by atoms with Gasteiger partial charge in [0.2, 0.25) is 0 Å². The van der Waals surface area contributed by atoms with Crippen LogP contribution in [0.5, 0.6) is 0 Å². The second kappa shape index (κ2) is 5.49. The molecule has 0 spiro atoms. The topological polar surface area (TPSA) is 46.2 Å². The Morgan fingerprint density at radius 1 is 1.30 bits per heavy atom. The first-order chi connectivity index (χ1) is 9.29. The lowest BCUT2D eigenvalue weighted by Crippen LogP contribution is -2.54. The van der Waals surface area contributed by atoms with Crippen LogP contribution in [0.2, 0.25) is 0 Å². The predicted octanol–water partition coefficient (Wildman–Crippen LogP) is 2.94. The fourth-order valence-electron chi connectivity index (χ4n) is 3.46. The molecular weight excluding hydrogens is 270 g/mol. The molecule has 0 saturated heterocycles. The Morgan fingerprint density at radius 3 is 2.60 bits per heavy atom. The summed E-state index contributed by atoms with van der Waals surface area (Å²) in [5.74, 6) is 0. The van der Waals surface area contributed by atoms with Crippen LogP contribution in [-0.4, -0.2) is 26.8 Å². The van der Waals surface area contributed by atoms with Crippen molar-refractivity contribution >= 4 is 9.84 Å². The summed E-state index contributed by atoms with van der Waals surface area (Å²) in [6.07, 6.45) is 2.78. The monoisotopic (exact) mass is 295 g/mol. The molecule has 1 aromatic carbocycles. The molecule has 3 nitrogen and oxygen atoms in total. The van der Waals surface area contributed by atoms with Gasteiger partial charge in [-0.15, -0.1) is 0 Å². The molecule has 0 amide bonds. The molecule has 1 aliphatic carbocycles. The summed E-state index contributed by atoms with van der Waals surface area (Å²) in [7, 11) is -1.41. The molecule has 0 aliphatic heterocycles. The standard InChI is InChI=1S/C16H25NO2S/c1-12-7-5-8-13(11-12)20(18,19)14-9-6-10-16(2,3)15(14)17-4/h5,7-8,11,14-15,17H,6,9-10H2,1-4H3. The van der Waals surface area contributed by atoms with Crippen LogP contribution in [0, 0.1) is 12.3 Å². The molecule has 1 aliphatic rings. The van der Waals surface area contributed by atoms with Gasteiger partial charge in [-0.05, 0) is 49.9 Å². The summed E-state index contributed by atoms with van der Waals surface area (Å²) in [5, 5.41) is 2.92. The molecule has 0 bridgehead atoms. The number of sulfone groups is 1. The minimum absolute atomic E-state index is 0.00163. The molecule has 1 aromatic rings. The minimum Gasteiger partial charge on any atom is -0.315 e. The van der Waals surface area contributed by atoms with Gasteiger partial charge in [0.25, 0.3) is 0 Å². The summed E-state index contributed by atoms with van der Waals surface area (Å²) in [5.41, 5.74) is 0.997. The predicted molar refractivity (Wildman–Crippen MR) is 82.6 cm³/mol. The fraction of sp³-hybridized carbons (Fsp3) is 0.625. The third-order valence-electron chi connectivity index (χ3n) is 4.55. The van der Waals surface area contributed by atoms with Gasteiger partial charge >= 0.3 is 0 Å². The zero-order valence-corrected chi connectivity index (χ0v) is 13.6. The summed E-state index contributed by atoms with van der Waals surface area (Å²) in [6, 6.07) is 7.26. The maximum atomic E-state index is 13.0. The van der Waals surface area contributed by atoms with Gasteiger partial charge in [0.05, 0.1) is 10.1 Å². The molecule has 112 valence electrons. The zero-order chi connectivity index (χ0) is 15.0. The molecule has 1 N–H and O–H groups in total. The summed E-state index contributed by atoms with van der Waals surface area (Å²) >= 11 is 0. The maximum Gasteiger partial charge on any atom is 0.182 e. The third-order valence-corrected chi connectivity index (χ3v) is 6.77. The maximum absolute atomic E-state index is 13.0. The van der Waals surface area contributed by atoms with Gasteiger partial charge in [0, 0.05) is 6.04 Å². The van der Waals surface area contributed by atoms with Crippen LogP contribution in [-0.2, 0) is 9.84 Å². The largest absolute Gasteiger partial charge is 0.315 e. The average Bonchev–Trinajstić information content (AvgIpc) is 2.37. The third kappa shape index (κ3) is 2.77. The highest BCUT2D eigenvalue weighted by molar-refractivity contribution is 7.92. The van der Waals surface area contributed by atoms with Crippen molar-refractivity contribution in [3.05, 3.63) is 29.8 Å². The molecular formula is C16H25NO2S. The van der Waals surface area contributed by atoms with Gasteiger partial charge in [-0.25, -0.2) is 8.42 Å². The van der Waals surface area contributed by atoms with Crippen LogP contribution < -0.4 is 5.32 Å². The Labute approximate surface area is 122 Å². The van der Waals surface area contributed by atoms with E-state index in [0.717, 1.165) is 24.8 Å². The number of hydrogen-bond donors (Lipinski definition) is 1. The van der Waals surface area contributed by atoms with Crippen LogP contribution in [0.1, 0.15) is 38.7 Å². The van der Waals surface area contributed by atoms with Crippen molar-refractivity contribution in [2.75, 3.05) is 7.05 Å². The highest BCUT2D eigenvalue weighted by Gasteiger charge is 2.44. The van der Waals surface area contributed by atoms with Crippen LogP contribution in [0.4, 0.5) is 0 Å². The average molecular weight is 295 g/mol. The van der Waals surface area contributed by atoms with Crippen LogP contribution >= 0.6 is 0 Å². The Bertz CT molecular complexity index is 578. The van der Waals surface area contributed by atoms with Crippen molar-refractivity contribution < 1.29 is 8.42 Å². The van der Waals surface area contributed by atoms with Crippen LogP contribution in [0.25, 0.3) is 0 Å². The number of aryl methyl sites for hydroxylation is 1. The summed E-state index contributed by atoms with van der Waals surface area (Å²) in [4.78, 5) is 0.459. The number of benzene rings is 1. The highest BCUT2D eigenvalue weighted by Crippen LogP contribution is 2.40. The number of hydrogen-bond acceptors (Lipinski definition) is 3. The Kier molecular flexibility index (Phi) is 4.26. The zero-order valence-electron chi connectivity index (χ0n) is 12.8. The molecule has 2 rings (SSSR count). The van der Waals surface area contributed by atoms with Crippen LogP contribution in [0.3, 0.4) is 0 Å². The lowest BCUT2D eigenvalue weighted by Gasteiger charge is -2.43. The van der Waals surface area contributed by atoms with E-state index >= 15 is 0 Å². The van der Waals surface area contributed by atoms with Crippen molar-refractivity contribution in [1.82, 2.24) is 5.32 Å². The fourth-order valence-corrected chi connectivity index (χ4v) is 5.77. The van der Waals surface area contributed by atoms with E-state index in [2.05, 4.69) is 19.2 Å². The molecule has 4 heteroatoms. The van der Waals surface area contributed by atoms with Gasteiger partial charge < -0.3 is 5.32 Å². The van der Waals surface area contributed by atoms with Gasteiger partial charge in [0.15, 0.2) is 9.84 Å². The lowest BCUT2D eigenvalue weighted by atomic mass is 9.73. The SMILES string of the molecule is CNC1C(S(=O)(=O)c2cccc(C)c2)CCCC1(C)C. The molecule has 0 heterocycles. The van der Waals surface area contributed by atoms with E-state index in [-0.39, 0.29) is 16.7 Å². The molecule has 20 heavy (non-hydrogen) atoms. The first-order valence-corrected chi connectivity index (χ1v) is 8.81. The Hall–Kier alpha value is -0.870. The second-order valence-corrected chi connectivity index (χ2v) is 8.71. The first-order valence-electron chi connectivity index (χ1n) is 7.27. The van der Waals surface area contributed by atoms with Gasteiger partial charge in [-0.2, -0.15) is 0 Å². The molecule has 0 aromatic heterocycles. The Morgan fingerprint density at radius 2 is 2.00 bits per heavy atom. The van der Waals surface area contributed by atoms with Gasteiger partial charge in [-0.1, -0.05) is 32.4 Å². The second-order valence-electron chi connectivity index (χ2n) is 6.55. The van der Waals surface area contributed by atoms with Gasteiger partial charge in [-0.3, -0.25) is 0 Å². The summed E-state index contributed by atoms with van der Waals surface area (Å²) < 4.78 is 25.9. The molecule has 2 atom stereocenters. The van der Waals surface area contributed by atoms with E-state index in [0.29, 0.717) is 4.90 Å². The molecule has 1 fully saturated rings. The Balaban J connectivity index is 2.42. The molecule has 1 saturated carbocycles.